The van der Waals surface area contributed by atoms with E-state index >= 15 is 0 Å². The van der Waals surface area contributed by atoms with Crippen molar-refractivity contribution < 1.29 is 0 Å². The molecule has 0 heteroatoms. The summed E-state index contributed by atoms with van der Waals surface area (Å²) in [5, 5.41) is 2.57. The molecule has 0 spiro atoms. The first kappa shape index (κ1) is 23.4. The monoisotopic (exact) mass is 440 g/mol. The zero-order chi connectivity index (χ0) is 23.6. The van der Waals surface area contributed by atoms with E-state index in [-0.39, 0.29) is 0 Å². The van der Waals surface area contributed by atoms with Crippen LogP contribution in [-0.4, -0.2) is 0 Å². The highest BCUT2D eigenvalue weighted by Crippen LogP contribution is 2.24. The lowest BCUT2D eigenvalue weighted by molar-refractivity contribution is 0.795. The van der Waals surface area contributed by atoms with E-state index in [1.165, 1.54) is 47.6 Å². The van der Waals surface area contributed by atoms with Crippen LogP contribution in [0.4, 0.5) is 0 Å². The lowest BCUT2D eigenvalue weighted by atomic mass is 9.96. The molecule has 34 heavy (non-hydrogen) atoms. The maximum Gasteiger partial charge on any atom is 0.0327 e. The quantitative estimate of drug-likeness (QED) is 0.264. The van der Waals surface area contributed by atoms with E-state index in [2.05, 4.69) is 122 Å². The Hall–Kier alpha value is -3.74. The molecule has 4 rings (SSSR count). The minimum atomic E-state index is 1.00. The molecular weight excluding hydrogens is 408 g/mol. The Kier molecular flexibility index (Phi) is 8.22. The molecule has 0 aromatic heterocycles. The third-order valence-electron chi connectivity index (χ3n) is 6.16. The van der Waals surface area contributed by atoms with Crippen LogP contribution in [0.5, 0.6) is 0 Å². The Morgan fingerprint density at radius 1 is 0.500 bits per heavy atom. The summed E-state index contributed by atoms with van der Waals surface area (Å²) in [5.41, 5.74) is 6.96. The van der Waals surface area contributed by atoms with Crippen LogP contribution in [0, 0.1) is 23.7 Å². The van der Waals surface area contributed by atoms with Gasteiger partial charge in [-0.1, -0.05) is 92.8 Å². The van der Waals surface area contributed by atoms with E-state index in [1.807, 2.05) is 0 Å². The molecule has 0 bridgehead atoms. The molecule has 0 radical (unpaired) electrons. The van der Waals surface area contributed by atoms with Crippen molar-refractivity contribution in [2.45, 2.75) is 52.4 Å². The molecule has 0 amide bonds. The van der Waals surface area contributed by atoms with Crippen molar-refractivity contribution >= 4 is 10.8 Å². The van der Waals surface area contributed by atoms with Crippen molar-refractivity contribution in [2.75, 3.05) is 0 Å². The lowest BCUT2D eigenvalue weighted by Crippen LogP contribution is -1.90. The number of fused-ring (bicyclic) bond motifs is 1. The number of hydrogen-bond donors (Lipinski definition) is 0. The average Bonchev–Trinajstić information content (AvgIpc) is 2.90. The summed E-state index contributed by atoms with van der Waals surface area (Å²) in [5.74, 6) is 13.3. The summed E-state index contributed by atoms with van der Waals surface area (Å²) in [6, 6.07) is 29.9. The standard InChI is InChI=1S/C34H32/c1-3-5-9-27-13-15-28(16-14-27)17-18-29-19-21-30(22-20-29)23-24-32-26-25-31(10-6-4-2)33-11-7-8-12-34(32)33/h7-8,11-16,19-22,25-26H,3-6,9-10H2,1-2H3. The molecule has 0 nitrogen and oxygen atoms in total. The molecule has 0 atom stereocenters. The van der Waals surface area contributed by atoms with Crippen LogP contribution in [0.1, 0.15) is 72.9 Å². The molecule has 0 heterocycles. The van der Waals surface area contributed by atoms with Gasteiger partial charge in [0.15, 0.2) is 0 Å². The van der Waals surface area contributed by atoms with Crippen molar-refractivity contribution in [2.24, 2.45) is 0 Å². The molecule has 0 unspecified atom stereocenters. The Labute approximate surface area is 205 Å². The minimum Gasteiger partial charge on any atom is -0.0654 e. The first-order valence-corrected chi connectivity index (χ1v) is 12.5. The summed E-state index contributed by atoms with van der Waals surface area (Å²) in [7, 11) is 0. The van der Waals surface area contributed by atoms with Crippen molar-refractivity contribution in [1.82, 2.24) is 0 Å². The molecule has 168 valence electrons. The van der Waals surface area contributed by atoms with Crippen molar-refractivity contribution in [3.8, 4) is 23.7 Å². The van der Waals surface area contributed by atoms with Gasteiger partial charge in [0, 0.05) is 22.3 Å². The summed E-state index contributed by atoms with van der Waals surface area (Å²) in [6.45, 7) is 4.47. The minimum absolute atomic E-state index is 1.00. The number of benzene rings is 4. The normalized spacial score (nSPS) is 10.3. The van der Waals surface area contributed by atoms with Crippen LogP contribution in [0.15, 0.2) is 84.9 Å². The fourth-order valence-electron chi connectivity index (χ4n) is 4.11. The molecule has 0 saturated heterocycles. The van der Waals surface area contributed by atoms with E-state index in [9.17, 15) is 0 Å². The SMILES string of the molecule is CCCCc1ccc(C#Cc2ccc(C#Cc3ccc(CCCC)c4ccccc34)cc2)cc1. The van der Waals surface area contributed by atoms with Gasteiger partial charge in [0.25, 0.3) is 0 Å². The fourth-order valence-corrected chi connectivity index (χ4v) is 4.11. The molecular formula is C34H32. The topological polar surface area (TPSA) is 0 Å². The highest BCUT2D eigenvalue weighted by Gasteiger charge is 2.04. The highest BCUT2D eigenvalue weighted by atomic mass is 14.1. The molecule has 0 N–H and O–H groups in total. The van der Waals surface area contributed by atoms with Crippen LogP contribution in [0.3, 0.4) is 0 Å². The Bertz CT molecular complexity index is 1350. The second-order valence-corrected chi connectivity index (χ2v) is 8.80. The van der Waals surface area contributed by atoms with Crippen LogP contribution in [0.2, 0.25) is 0 Å². The number of aryl methyl sites for hydroxylation is 2. The molecule has 0 fully saturated rings. The smallest absolute Gasteiger partial charge is 0.0327 e. The first-order chi connectivity index (χ1) is 16.8. The molecule has 4 aromatic rings. The summed E-state index contributed by atoms with van der Waals surface area (Å²) < 4.78 is 0. The molecule has 0 saturated carbocycles. The predicted octanol–water partition coefficient (Wildman–Crippen LogP) is 8.32. The maximum atomic E-state index is 3.40. The van der Waals surface area contributed by atoms with Gasteiger partial charge in [-0.25, -0.2) is 0 Å². The second-order valence-electron chi connectivity index (χ2n) is 8.80. The molecule has 0 aliphatic heterocycles. The zero-order valence-electron chi connectivity index (χ0n) is 20.3. The van der Waals surface area contributed by atoms with Crippen LogP contribution in [-0.2, 0) is 12.8 Å². The first-order valence-electron chi connectivity index (χ1n) is 12.5. The lowest BCUT2D eigenvalue weighted by Gasteiger charge is -2.08. The van der Waals surface area contributed by atoms with Crippen LogP contribution >= 0.6 is 0 Å². The van der Waals surface area contributed by atoms with Crippen molar-refractivity contribution in [3.05, 3.63) is 118 Å². The molecule has 0 aliphatic rings. The zero-order valence-corrected chi connectivity index (χ0v) is 20.3. The summed E-state index contributed by atoms with van der Waals surface area (Å²) in [4.78, 5) is 0. The van der Waals surface area contributed by atoms with Crippen molar-refractivity contribution in [3.63, 3.8) is 0 Å². The third-order valence-corrected chi connectivity index (χ3v) is 6.16. The number of hydrogen-bond acceptors (Lipinski definition) is 0. The molecule has 0 aliphatic carbocycles. The number of unbranched alkanes of at least 4 members (excludes halogenated alkanes) is 2. The Morgan fingerprint density at radius 2 is 1.03 bits per heavy atom. The van der Waals surface area contributed by atoms with Gasteiger partial charge < -0.3 is 0 Å². The van der Waals surface area contributed by atoms with Crippen molar-refractivity contribution in [1.29, 1.82) is 0 Å². The third kappa shape index (κ3) is 6.19. The fraction of sp³-hybridized carbons (Fsp3) is 0.235. The van der Waals surface area contributed by atoms with E-state index in [0.29, 0.717) is 0 Å². The molecule has 4 aromatic carbocycles. The van der Waals surface area contributed by atoms with E-state index in [0.717, 1.165) is 35.1 Å². The Balaban J connectivity index is 1.48. The average molecular weight is 441 g/mol. The highest BCUT2D eigenvalue weighted by molar-refractivity contribution is 5.91. The van der Waals surface area contributed by atoms with E-state index in [4.69, 9.17) is 0 Å². The van der Waals surface area contributed by atoms with Gasteiger partial charge in [0.05, 0.1) is 0 Å². The van der Waals surface area contributed by atoms with Gasteiger partial charge in [0.2, 0.25) is 0 Å². The summed E-state index contributed by atoms with van der Waals surface area (Å²) >= 11 is 0. The van der Waals surface area contributed by atoms with Gasteiger partial charge >= 0.3 is 0 Å². The van der Waals surface area contributed by atoms with Gasteiger partial charge in [0.1, 0.15) is 0 Å². The second kappa shape index (κ2) is 11.9. The van der Waals surface area contributed by atoms with Crippen LogP contribution in [0.25, 0.3) is 10.8 Å². The van der Waals surface area contributed by atoms with Gasteiger partial charge in [-0.2, -0.15) is 0 Å². The van der Waals surface area contributed by atoms with Crippen LogP contribution < -0.4 is 0 Å². The van der Waals surface area contributed by atoms with E-state index in [1.54, 1.807) is 0 Å². The number of rotatable bonds is 6. The van der Waals surface area contributed by atoms with E-state index < -0.39 is 0 Å². The maximum absolute atomic E-state index is 3.40. The summed E-state index contributed by atoms with van der Waals surface area (Å²) in [6.07, 6.45) is 7.16. The van der Waals surface area contributed by atoms with Gasteiger partial charge in [-0.15, -0.1) is 0 Å². The Morgan fingerprint density at radius 3 is 1.65 bits per heavy atom. The van der Waals surface area contributed by atoms with Gasteiger partial charge in [-0.3, -0.25) is 0 Å². The van der Waals surface area contributed by atoms with Gasteiger partial charge in [-0.05, 0) is 90.0 Å². The predicted molar refractivity (Wildman–Crippen MR) is 146 cm³/mol. The largest absolute Gasteiger partial charge is 0.0654 e.